The van der Waals surface area contributed by atoms with E-state index >= 15 is 0 Å². The zero-order valence-corrected chi connectivity index (χ0v) is 17.7. The molecule has 0 bridgehead atoms. The lowest BCUT2D eigenvalue weighted by Gasteiger charge is -2.18. The molecule has 3 aromatic rings. The van der Waals surface area contributed by atoms with Gasteiger partial charge in [-0.15, -0.1) is 0 Å². The summed E-state index contributed by atoms with van der Waals surface area (Å²) in [6, 6.07) is 17.1. The third kappa shape index (κ3) is 4.74. The van der Waals surface area contributed by atoms with Gasteiger partial charge in [0.25, 0.3) is 5.56 Å². The summed E-state index contributed by atoms with van der Waals surface area (Å²) < 4.78 is 7.41. The Morgan fingerprint density at radius 3 is 2.77 bits per heavy atom. The summed E-state index contributed by atoms with van der Waals surface area (Å²) in [6.07, 6.45) is 1.93. The molecule has 6 nitrogen and oxygen atoms in total. The maximum atomic E-state index is 13.2. The van der Waals surface area contributed by atoms with Crippen molar-refractivity contribution in [1.82, 2.24) is 14.9 Å². The zero-order valence-electron chi connectivity index (χ0n) is 16.9. The van der Waals surface area contributed by atoms with Crippen molar-refractivity contribution in [2.45, 2.75) is 49.4 Å². The minimum atomic E-state index is -0.391. The number of carbonyl (C=O) groups excluding carboxylic acids is 1. The smallest absolute Gasteiger partial charge is 0.262 e. The van der Waals surface area contributed by atoms with Crippen LogP contribution in [0.3, 0.4) is 0 Å². The highest BCUT2D eigenvalue weighted by atomic mass is 32.2. The lowest BCUT2D eigenvalue weighted by molar-refractivity contribution is -0.120. The number of nitrogens with one attached hydrogen (secondary N) is 1. The van der Waals surface area contributed by atoms with Crippen LogP contribution in [-0.4, -0.2) is 33.4 Å². The number of hydrogen-bond donors (Lipinski definition) is 1. The Kier molecular flexibility index (Phi) is 6.50. The van der Waals surface area contributed by atoms with E-state index in [2.05, 4.69) is 5.32 Å². The van der Waals surface area contributed by atoms with E-state index in [0.717, 1.165) is 25.0 Å². The highest BCUT2D eigenvalue weighted by Gasteiger charge is 2.23. The number of nitrogens with zero attached hydrogens (tertiary/aromatic N) is 2. The molecule has 156 valence electrons. The van der Waals surface area contributed by atoms with Gasteiger partial charge in [0.2, 0.25) is 5.91 Å². The topological polar surface area (TPSA) is 73.2 Å². The van der Waals surface area contributed by atoms with Crippen LogP contribution in [0.25, 0.3) is 10.9 Å². The fourth-order valence-corrected chi connectivity index (χ4v) is 4.47. The lowest BCUT2D eigenvalue weighted by Crippen LogP contribution is -2.33. The van der Waals surface area contributed by atoms with E-state index in [4.69, 9.17) is 9.72 Å². The molecule has 2 aromatic carbocycles. The van der Waals surface area contributed by atoms with Crippen molar-refractivity contribution < 1.29 is 9.53 Å². The Morgan fingerprint density at radius 2 is 2.00 bits per heavy atom. The van der Waals surface area contributed by atoms with Crippen LogP contribution in [0.4, 0.5) is 0 Å². The Labute approximate surface area is 179 Å². The van der Waals surface area contributed by atoms with Crippen LogP contribution >= 0.6 is 11.8 Å². The minimum absolute atomic E-state index is 0.00669. The first-order valence-electron chi connectivity index (χ1n) is 10.2. The van der Waals surface area contributed by atoms with Gasteiger partial charge in [-0.2, -0.15) is 0 Å². The predicted octanol–water partition coefficient (Wildman–Crippen LogP) is 3.37. The number of aromatic nitrogens is 2. The second-order valence-corrected chi connectivity index (χ2v) is 8.73. The normalized spacial score (nSPS) is 17.2. The molecule has 0 saturated carbocycles. The molecule has 1 aromatic heterocycles. The van der Waals surface area contributed by atoms with E-state index in [-0.39, 0.29) is 17.6 Å². The summed E-state index contributed by atoms with van der Waals surface area (Å²) in [7, 11) is 0. The first-order chi connectivity index (χ1) is 14.6. The fourth-order valence-electron chi connectivity index (χ4n) is 3.53. The van der Waals surface area contributed by atoms with E-state index in [1.54, 1.807) is 10.6 Å². The average Bonchev–Trinajstić information content (AvgIpc) is 3.28. The third-order valence-electron chi connectivity index (χ3n) is 5.20. The molecule has 4 rings (SSSR count). The number of para-hydroxylation sites is 1. The minimum Gasteiger partial charge on any atom is -0.376 e. The van der Waals surface area contributed by atoms with Gasteiger partial charge in [-0.25, -0.2) is 4.98 Å². The van der Waals surface area contributed by atoms with Crippen LogP contribution in [0.15, 0.2) is 64.5 Å². The van der Waals surface area contributed by atoms with Crippen molar-refractivity contribution >= 4 is 28.6 Å². The largest absolute Gasteiger partial charge is 0.376 e. The summed E-state index contributed by atoms with van der Waals surface area (Å²) in [6.45, 7) is 3.49. The molecule has 2 heterocycles. The summed E-state index contributed by atoms with van der Waals surface area (Å²) in [5.74, 6) is -0.0880. The van der Waals surface area contributed by atoms with E-state index in [0.29, 0.717) is 29.1 Å². The number of hydrogen-bond acceptors (Lipinski definition) is 5. The van der Waals surface area contributed by atoms with Gasteiger partial charge in [-0.05, 0) is 37.5 Å². The Bertz CT molecular complexity index is 1080. The SMILES string of the molecule is C[C@@H](Sc1nc2ccccc2c(=O)n1C[C@H]1CCCO1)C(=O)NCc1ccccc1. The van der Waals surface area contributed by atoms with Crippen LogP contribution in [0.5, 0.6) is 0 Å². The number of amides is 1. The van der Waals surface area contributed by atoms with E-state index < -0.39 is 5.25 Å². The summed E-state index contributed by atoms with van der Waals surface area (Å²) in [5.41, 5.74) is 1.60. The van der Waals surface area contributed by atoms with Gasteiger partial charge in [0.05, 0.1) is 28.8 Å². The second kappa shape index (κ2) is 9.45. The Balaban J connectivity index is 1.55. The number of fused-ring (bicyclic) bond motifs is 1. The maximum absolute atomic E-state index is 13.2. The molecule has 1 aliphatic rings. The fraction of sp³-hybridized carbons (Fsp3) is 0.348. The highest BCUT2D eigenvalue weighted by Crippen LogP contribution is 2.24. The number of benzene rings is 2. The maximum Gasteiger partial charge on any atom is 0.262 e. The number of ether oxygens (including phenoxy) is 1. The van der Waals surface area contributed by atoms with Crippen LogP contribution in [0, 0.1) is 0 Å². The van der Waals surface area contributed by atoms with Gasteiger partial charge in [0, 0.05) is 13.2 Å². The van der Waals surface area contributed by atoms with E-state index in [1.165, 1.54) is 11.8 Å². The predicted molar refractivity (Wildman–Crippen MR) is 119 cm³/mol. The molecule has 1 N–H and O–H groups in total. The summed E-state index contributed by atoms with van der Waals surface area (Å²) >= 11 is 1.31. The molecular weight excluding hydrogens is 398 g/mol. The second-order valence-electron chi connectivity index (χ2n) is 7.43. The van der Waals surface area contributed by atoms with Crippen LogP contribution in [0.1, 0.15) is 25.3 Å². The van der Waals surface area contributed by atoms with Gasteiger partial charge in [-0.3, -0.25) is 14.2 Å². The molecule has 0 spiro atoms. The number of thioether (sulfide) groups is 1. The van der Waals surface area contributed by atoms with E-state index in [1.807, 2.05) is 55.5 Å². The first-order valence-corrected chi connectivity index (χ1v) is 11.1. The van der Waals surface area contributed by atoms with E-state index in [9.17, 15) is 9.59 Å². The molecule has 1 fully saturated rings. The summed E-state index contributed by atoms with van der Waals surface area (Å²) in [4.78, 5) is 30.5. The van der Waals surface area contributed by atoms with Gasteiger partial charge >= 0.3 is 0 Å². The quantitative estimate of drug-likeness (QED) is 0.466. The molecule has 1 amide bonds. The monoisotopic (exact) mass is 423 g/mol. The lowest BCUT2D eigenvalue weighted by atomic mass is 10.2. The zero-order chi connectivity index (χ0) is 20.9. The van der Waals surface area contributed by atoms with Crippen molar-refractivity contribution in [2.24, 2.45) is 0 Å². The van der Waals surface area contributed by atoms with Gasteiger partial charge in [-0.1, -0.05) is 54.2 Å². The van der Waals surface area contributed by atoms with Gasteiger partial charge in [0.15, 0.2) is 5.16 Å². The standard InChI is InChI=1S/C23H25N3O3S/c1-16(21(27)24-14-17-8-3-2-4-9-17)30-23-25-20-12-6-5-11-19(20)22(28)26(23)15-18-10-7-13-29-18/h2-6,8-9,11-12,16,18H,7,10,13-15H2,1H3,(H,24,27)/t16-,18-/m1/s1. The number of carbonyl (C=O) groups is 1. The van der Waals surface area contributed by atoms with Crippen molar-refractivity contribution in [3.05, 3.63) is 70.5 Å². The molecule has 1 saturated heterocycles. The molecule has 0 unspecified atom stereocenters. The van der Waals surface area contributed by atoms with Crippen molar-refractivity contribution in [1.29, 1.82) is 0 Å². The molecule has 0 aliphatic carbocycles. The molecule has 2 atom stereocenters. The van der Waals surface area contributed by atoms with Crippen molar-refractivity contribution in [2.75, 3.05) is 6.61 Å². The van der Waals surface area contributed by atoms with Crippen LogP contribution < -0.4 is 10.9 Å². The molecule has 7 heteroatoms. The molecular formula is C23H25N3O3S. The van der Waals surface area contributed by atoms with Gasteiger partial charge in [0.1, 0.15) is 0 Å². The summed E-state index contributed by atoms with van der Waals surface area (Å²) in [5, 5.41) is 3.71. The van der Waals surface area contributed by atoms with Crippen molar-refractivity contribution in [3.8, 4) is 0 Å². The molecule has 0 radical (unpaired) electrons. The van der Waals surface area contributed by atoms with Crippen LogP contribution in [0.2, 0.25) is 0 Å². The highest BCUT2D eigenvalue weighted by molar-refractivity contribution is 8.00. The Hall–Kier alpha value is -2.64. The van der Waals surface area contributed by atoms with Crippen LogP contribution in [-0.2, 0) is 22.6 Å². The third-order valence-corrected chi connectivity index (χ3v) is 6.29. The Morgan fingerprint density at radius 1 is 1.23 bits per heavy atom. The molecule has 1 aliphatic heterocycles. The number of rotatable bonds is 7. The van der Waals surface area contributed by atoms with Gasteiger partial charge < -0.3 is 10.1 Å². The average molecular weight is 424 g/mol. The first kappa shape index (κ1) is 20.6. The van der Waals surface area contributed by atoms with Crippen molar-refractivity contribution in [3.63, 3.8) is 0 Å². The molecule has 30 heavy (non-hydrogen) atoms.